The van der Waals surface area contributed by atoms with Crippen LogP contribution in [0.4, 0.5) is 0 Å². The molecule has 0 spiro atoms. The molecule has 2 aromatic heterocycles. The number of Topliss-reactive ketones (excluding diaryl/α,β-unsaturated/α-hetero) is 1. The molecule has 1 aromatic carbocycles. The lowest BCUT2D eigenvalue weighted by Gasteiger charge is -2.28. The van der Waals surface area contributed by atoms with Crippen LogP contribution in [0, 0.1) is 0 Å². The Hall–Kier alpha value is -2.55. The molecule has 0 unspecified atom stereocenters. The molecule has 1 fully saturated rings. The molecule has 1 aliphatic rings. The zero-order chi connectivity index (χ0) is 22.2. The van der Waals surface area contributed by atoms with E-state index in [9.17, 15) is 9.59 Å². The summed E-state index contributed by atoms with van der Waals surface area (Å²) in [5.41, 5.74) is 1.31. The number of fused-ring (bicyclic) bond motifs is 1. The van der Waals surface area contributed by atoms with E-state index in [2.05, 4.69) is 21.7 Å². The third-order valence-corrected chi connectivity index (χ3v) is 6.52. The Labute approximate surface area is 191 Å². The first-order chi connectivity index (χ1) is 15.7. The van der Waals surface area contributed by atoms with E-state index in [4.69, 9.17) is 9.15 Å². The summed E-state index contributed by atoms with van der Waals surface area (Å²) in [5.74, 6) is 0.0614. The Morgan fingerprint density at radius 1 is 1.12 bits per heavy atom. The predicted molar refractivity (Wildman–Crippen MR) is 124 cm³/mol. The molecule has 170 valence electrons. The number of nitrogens with one attached hydrogen (secondary N) is 2. The molecule has 0 radical (unpaired) electrons. The molecule has 32 heavy (non-hydrogen) atoms. The average Bonchev–Trinajstić information content (AvgIpc) is 3.48. The summed E-state index contributed by atoms with van der Waals surface area (Å²) in [6.45, 7) is 2.01. The maximum atomic E-state index is 12.9. The Balaban J connectivity index is 1.22. The Kier molecular flexibility index (Phi) is 8.03. The predicted octanol–water partition coefficient (Wildman–Crippen LogP) is 3.74. The number of carbonyl (C=O) groups is 2. The number of thiophene rings is 1. The highest BCUT2D eigenvalue weighted by Gasteiger charge is 2.24. The minimum absolute atomic E-state index is 0.00942. The molecule has 0 saturated carbocycles. The van der Waals surface area contributed by atoms with Gasteiger partial charge in [0.25, 0.3) is 5.89 Å². The van der Waals surface area contributed by atoms with Gasteiger partial charge in [-0.3, -0.25) is 9.59 Å². The topological polar surface area (TPSA) is 93.5 Å². The van der Waals surface area contributed by atoms with Crippen LogP contribution in [0.1, 0.15) is 47.7 Å². The van der Waals surface area contributed by atoms with Gasteiger partial charge < -0.3 is 19.8 Å². The highest BCUT2D eigenvalue weighted by molar-refractivity contribution is 7.09. The quantitative estimate of drug-likeness (QED) is 0.338. The average molecular weight is 456 g/mol. The summed E-state index contributed by atoms with van der Waals surface area (Å²) in [4.78, 5) is 30.7. The number of amides is 1. The van der Waals surface area contributed by atoms with E-state index < -0.39 is 0 Å². The van der Waals surface area contributed by atoms with E-state index >= 15 is 0 Å². The van der Waals surface area contributed by atoms with E-state index in [0.29, 0.717) is 42.9 Å². The lowest BCUT2D eigenvalue weighted by atomic mass is 10.1. The third kappa shape index (κ3) is 6.25. The van der Waals surface area contributed by atoms with Crippen LogP contribution in [-0.4, -0.2) is 48.5 Å². The number of unbranched alkanes of at least 4 members (excludes halogenated alkanes) is 1. The fourth-order valence-corrected chi connectivity index (χ4v) is 4.60. The maximum absolute atomic E-state index is 12.9. The SMILES string of the molecule is O=C(CCCCNC(=O)[C@H](Cc1cccs1)NC1CCOCC1)c1nc2ccccc2o1. The van der Waals surface area contributed by atoms with Crippen molar-refractivity contribution in [2.75, 3.05) is 19.8 Å². The van der Waals surface area contributed by atoms with Crippen molar-refractivity contribution in [1.29, 1.82) is 0 Å². The van der Waals surface area contributed by atoms with Crippen LogP contribution in [0.15, 0.2) is 46.2 Å². The summed E-state index contributed by atoms with van der Waals surface area (Å²) < 4.78 is 11.0. The molecule has 0 aliphatic carbocycles. The fraction of sp³-hybridized carbons (Fsp3) is 0.458. The van der Waals surface area contributed by atoms with Gasteiger partial charge in [-0.2, -0.15) is 0 Å². The molecule has 0 bridgehead atoms. The van der Waals surface area contributed by atoms with Gasteiger partial charge in [0.2, 0.25) is 11.7 Å². The molecule has 3 heterocycles. The second-order valence-corrected chi connectivity index (χ2v) is 9.08. The van der Waals surface area contributed by atoms with Gasteiger partial charge >= 0.3 is 0 Å². The Morgan fingerprint density at radius 2 is 1.97 bits per heavy atom. The van der Waals surface area contributed by atoms with Crippen molar-refractivity contribution in [3.8, 4) is 0 Å². The van der Waals surface area contributed by atoms with Gasteiger partial charge in [-0.1, -0.05) is 18.2 Å². The zero-order valence-corrected chi connectivity index (χ0v) is 18.9. The molecular weight excluding hydrogens is 426 g/mol. The van der Waals surface area contributed by atoms with Crippen LogP contribution in [0.5, 0.6) is 0 Å². The number of rotatable bonds is 11. The minimum Gasteiger partial charge on any atom is -0.434 e. The standard InChI is InChI=1S/C24H29N3O4S/c28-21(24-27-19-7-1-2-9-22(19)31-24)8-3-4-12-25-23(29)20(16-18-6-5-15-32-18)26-17-10-13-30-14-11-17/h1-2,5-7,9,15,17,20,26H,3-4,8,10-14,16H2,(H,25,29)/t20-/m0/s1. The van der Waals surface area contributed by atoms with Crippen molar-refractivity contribution in [2.24, 2.45) is 0 Å². The van der Waals surface area contributed by atoms with Gasteiger partial charge in [-0.15, -0.1) is 11.3 Å². The Morgan fingerprint density at radius 3 is 2.75 bits per heavy atom. The van der Waals surface area contributed by atoms with Gasteiger partial charge in [0.05, 0.1) is 6.04 Å². The number of hydrogen-bond donors (Lipinski definition) is 2. The van der Waals surface area contributed by atoms with Crippen LogP contribution in [0.2, 0.25) is 0 Å². The number of para-hydroxylation sites is 2. The highest BCUT2D eigenvalue weighted by atomic mass is 32.1. The normalized spacial score (nSPS) is 15.6. The van der Waals surface area contributed by atoms with E-state index in [1.54, 1.807) is 17.4 Å². The molecule has 8 heteroatoms. The van der Waals surface area contributed by atoms with E-state index in [1.807, 2.05) is 29.6 Å². The van der Waals surface area contributed by atoms with E-state index in [-0.39, 0.29) is 23.6 Å². The van der Waals surface area contributed by atoms with Crippen molar-refractivity contribution in [2.45, 2.75) is 50.6 Å². The van der Waals surface area contributed by atoms with Crippen LogP contribution in [-0.2, 0) is 16.0 Å². The Bertz CT molecular complexity index is 978. The summed E-state index contributed by atoms with van der Waals surface area (Å²) in [7, 11) is 0. The lowest BCUT2D eigenvalue weighted by Crippen LogP contribution is -2.51. The third-order valence-electron chi connectivity index (χ3n) is 5.62. The zero-order valence-electron chi connectivity index (χ0n) is 18.0. The van der Waals surface area contributed by atoms with Crippen LogP contribution in [0.3, 0.4) is 0 Å². The van der Waals surface area contributed by atoms with Crippen molar-refractivity contribution < 1.29 is 18.7 Å². The van der Waals surface area contributed by atoms with Gasteiger partial charge in [0.15, 0.2) is 5.58 Å². The van der Waals surface area contributed by atoms with Crippen molar-refractivity contribution in [3.05, 3.63) is 52.5 Å². The van der Waals surface area contributed by atoms with Crippen LogP contribution in [0.25, 0.3) is 11.1 Å². The summed E-state index contributed by atoms with van der Waals surface area (Å²) in [6, 6.07) is 11.5. The lowest BCUT2D eigenvalue weighted by molar-refractivity contribution is -0.123. The van der Waals surface area contributed by atoms with Crippen molar-refractivity contribution >= 4 is 34.1 Å². The fourth-order valence-electron chi connectivity index (χ4n) is 3.85. The second kappa shape index (κ2) is 11.4. The van der Waals surface area contributed by atoms with Crippen molar-refractivity contribution in [1.82, 2.24) is 15.6 Å². The number of ether oxygens (including phenoxy) is 1. The first kappa shape index (κ1) is 22.6. The molecule has 1 saturated heterocycles. The first-order valence-corrected chi connectivity index (χ1v) is 12.1. The maximum Gasteiger partial charge on any atom is 0.264 e. The number of aromatic nitrogens is 1. The minimum atomic E-state index is -0.266. The van der Waals surface area contributed by atoms with E-state index in [0.717, 1.165) is 32.5 Å². The summed E-state index contributed by atoms with van der Waals surface area (Å²) in [6.07, 6.45) is 4.26. The number of benzene rings is 1. The highest BCUT2D eigenvalue weighted by Crippen LogP contribution is 2.17. The van der Waals surface area contributed by atoms with Gasteiger partial charge in [-0.05, 0) is 49.3 Å². The summed E-state index contributed by atoms with van der Waals surface area (Å²) in [5, 5.41) is 8.60. The number of ketones is 1. The van der Waals surface area contributed by atoms with Crippen LogP contribution >= 0.6 is 11.3 Å². The molecule has 7 nitrogen and oxygen atoms in total. The molecule has 1 aliphatic heterocycles. The van der Waals surface area contributed by atoms with Gasteiger partial charge in [-0.25, -0.2) is 4.98 Å². The molecule has 1 amide bonds. The van der Waals surface area contributed by atoms with E-state index in [1.165, 1.54) is 4.88 Å². The number of oxazole rings is 1. The molecule has 2 N–H and O–H groups in total. The number of nitrogens with zero attached hydrogens (tertiary/aromatic N) is 1. The van der Waals surface area contributed by atoms with Gasteiger partial charge in [0, 0.05) is 43.5 Å². The molecule has 4 rings (SSSR count). The van der Waals surface area contributed by atoms with Crippen LogP contribution < -0.4 is 10.6 Å². The van der Waals surface area contributed by atoms with Gasteiger partial charge in [0.1, 0.15) is 5.52 Å². The monoisotopic (exact) mass is 455 g/mol. The summed E-state index contributed by atoms with van der Waals surface area (Å²) >= 11 is 1.67. The second-order valence-electron chi connectivity index (χ2n) is 8.05. The first-order valence-electron chi connectivity index (χ1n) is 11.2. The molecular formula is C24H29N3O4S. The largest absolute Gasteiger partial charge is 0.434 e. The van der Waals surface area contributed by atoms with Crippen molar-refractivity contribution in [3.63, 3.8) is 0 Å². The molecule has 3 aromatic rings. The molecule has 1 atom stereocenters. The number of carbonyl (C=O) groups excluding carboxylic acids is 2. The smallest absolute Gasteiger partial charge is 0.264 e. The number of hydrogen-bond acceptors (Lipinski definition) is 7.